The van der Waals surface area contributed by atoms with Crippen LogP contribution < -0.4 is 5.32 Å². The maximum atomic E-state index is 12.2. The number of fused-ring (bicyclic) bond motifs is 1. The zero-order valence-electron chi connectivity index (χ0n) is 14.3. The minimum atomic E-state index is -0.167. The summed E-state index contributed by atoms with van der Waals surface area (Å²) in [7, 11) is 0. The first-order valence-electron chi connectivity index (χ1n) is 8.67. The SMILES string of the molecule is O=C(NCc1ccccc1)c1nnc(CSc2ccc3c(c2)CCC3)s1. The molecule has 0 atom stereocenters. The van der Waals surface area contributed by atoms with E-state index in [4.69, 9.17) is 0 Å². The first-order chi connectivity index (χ1) is 12.8. The molecule has 1 N–H and O–H groups in total. The van der Waals surface area contributed by atoms with Crippen LogP contribution >= 0.6 is 23.1 Å². The van der Waals surface area contributed by atoms with E-state index >= 15 is 0 Å². The van der Waals surface area contributed by atoms with Crippen molar-refractivity contribution < 1.29 is 4.79 Å². The molecule has 0 saturated carbocycles. The summed E-state index contributed by atoms with van der Waals surface area (Å²) in [6, 6.07) is 16.6. The van der Waals surface area contributed by atoms with E-state index in [2.05, 4.69) is 33.7 Å². The van der Waals surface area contributed by atoms with Crippen molar-refractivity contribution >= 4 is 29.0 Å². The molecule has 1 heterocycles. The molecule has 4 rings (SSSR count). The molecule has 0 spiro atoms. The number of aromatic nitrogens is 2. The quantitative estimate of drug-likeness (QED) is 0.649. The first-order valence-corrected chi connectivity index (χ1v) is 10.5. The topological polar surface area (TPSA) is 54.9 Å². The number of thioether (sulfide) groups is 1. The second-order valence-electron chi connectivity index (χ2n) is 6.24. The maximum absolute atomic E-state index is 12.2. The van der Waals surface area contributed by atoms with Crippen LogP contribution in [0.2, 0.25) is 0 Å². The van der Waals surface area contributed by atoms with Crippen molar-refractivity contribution in [1.82, 2.24) is 15.5 Å². The minimum absolute atomic E-state index is 0.167. The van der Waals surface area contributed by atoms with Crippen LogP contribution in [-0.4, -0.2) is 16.1 Å². The van der Waals surface area contributed by atoms with Crippen molar-refractivity contribution in [3.63, 3.8) is 0 Å². The van der Waals surface area contributed by atoms with Gasteiger partial charge in [-0.15, -0.1) is 22.0 Å². The lowest BCUT2D eigenvalue weighted by atomic mass is 10.1. The number of amides is 1. The number of rotatable bonds is 6. The average molecular weight is 382 g/mol. The van der Waals surface area contributed by atoms with E-state index in [1.807, 2.05) is 30.3 Å². The summed E-state index contributed by atoms with van der Waals surface area (Å²) in [6.07, 6.45) is 3.66. The molecule has 132 valence electrons. The Balaban J connectivity index is 1.32. The van der Waals surface area contributed by atoms with Crippen molar-refractivity contribution in [2.24, 2.45) is 0 Å². The Hall–Kier alpha value is -2.18. The van der Waals surface area contributed by atoms with Crippen LogP contribution in [0.4, 0.5) is 0 Å². The van der Waals surface area contributed by atoms with Gasteiger partial charge >= 0.3 is 0 Å². The van der Waals surface area contributed by atoms with Crippen LogP contribution in [0.5, 0.6) is 0 Å². The molecule has 0 fully saturated rings. The summed E-state index contributed by atoms with van der Waals surface area (Å²) in [5.41, 5.74) is 4.04. The number of nitrogens with one attached hydrogen (secondary N) is 1. The highest BCUT2D eigenvalue weighted by molar-refractivity contribution is 7.98. The predicted octanol–water partition coefficient (Wildman–Crippen LogP) is 4.25. The fourth-order valence-electron chi connectivity index (χ4n) is 3.04. The van der Waals surface area contributed by atoms with Crippen molar-refractivity contribution in [2.75, 3.05) is 0 Å². The molecule has 1 aromatic heterocycles. The maximum Gasteiger partial charge on any atom is 0.282 e. The van der Waals surface area contributed by atoms with Crippen LogP contribution in [-0.2, 0) is 25.1 Å². The van der Waals surface area contributed by atoms with Crippen molar-refractivity contribution in [1.29, 1.82) is 0 Å². The molecule has 1 aliphatic rings. The summed E-state index contributed by atoms with van der Waals surface area (Å²) >= 11 is 3.12. The summed E-state index contributed by atoms with van der Waals surface area (Å²) in [4.78, 5) is 13.5. The second-order valence-corrected chi connectivity index (χ2v) is 8.35. The van der Waals surface area contributed by atoms with Gasteiger partial charge in [0.2, 0.25) is 5.01 Å². The predicted molar refractivity (Wildman–Crippen MR) is 106 cm³/mol. The van der Waals surface area contributed by atoms with E-state index < -0.39 is 0 Å². The van der Waals surface area contributed by atoms with E-state index in [-0.39, 0.29) is 5.91 Å². The van der Waals surface area contributed by atoms with Crippen LogP contribution in [0.3, 0.4) is 0 Å². The lowest BCUT2D eigenvalue weighted by Crippen LogP contribution is -2.22. The van der Waals surface area contributed by atoms with Gasteiger partial charge in [0.25, 0.3) is 5.91 Å². The van der Waals surface area contributed by atoms with Crippen LogP contribution in [0.1, 0.15) is 37.9 Å². The van der Waals surface area contributed by atoms with E-state index in [1.54, 1.807) is 11.8 Å². The summed E-state index contributed by atoms with van der Waals surface area (Å²) in [6.45, 7) is 0.498. The lowest BCUT2D eigenvalue weighted by molar-refractivity contribution is 0.0950. The van der Waals surface area contributed by atoms with Gasteiger partial charge < -0.3 is 5.32 Å². The van der Waals surface area contributed by atoms with Gasteiger partial charge in [0.05, 0.1) is 5.75 Å². The number of carbonyl (C=O) groups excluding carboxylic acids is 1. The van der Waals surface area contributed by atoms with Gasteiger partial charge in [-0.05, 0) is 48.1 Å². The molecule has 0 radical (unpaired) electrons. The number of hydrogen-bond acceptors (Lipinski definition) is 5. The zero-order valence-corrected chi connectivity index (χ0v) is 15.9. The summed E-state index contributed by atoms with van der Waals surface area (Å²) in [5.74, 6) is 0.572. The molecule has 0 saturated heterocycles. The first kappa shape index (κ1) is 17.2. The fourth-order valence-corrected chi connectivity index (χ4v) is 4.74. The third kappa shape index (κ3) is 4.14. The highest BCUT2D eigenvalue weighted by atomic mass is 32.2. The van der Waals surface area contributed by atoms with Gasteiger partial charge in [0.1, 0.15) is 5.01 Å². The Labute approximate surface area is 161 Å². The third-order valence-corrected chi connectivity index (χ3v) is 6.50. The number of carbonyl (C=O) groups is 1. The lowest BCUT2D eigenvalue weighted by Gasteiger charge is -2.03. The van der Waals surface area contributed by atoms with Crippen molar-refractivity contribution in [3.05, 3.63) is 75.2 Å². The summed E-state index contributed by atoms with van der Waals surface area (Å²) < 4.78 is 0. The molecular weight excluding hydrogens is 362 g/mol. The molecule has 0 bridgehead atoms. The molecule has 26 heavy (non-hydrogen) atoms. The Kier molecular flexibility index (Phi) is 5.32. The fraction of sp³-hybridized carbons (Fsp3) is 0.250. The molecular formula is C20H19N3OS2. The smallest absolute Gasteiger partial charge is 0.282 e. The molecule has 2 aromatic carbocycles. The summed E-state index contributed by atoms with van der Waals surface area (Å²) in [5, 5.41) is 12.4. The van der Waals surface area contributed by atoms with E-state index in [0.717, 1.165) is 16.3 Å². The molecule has 1 aliphatic carbocycles. The second kappa shape index (κ2) is 8.01. The Morgan fingerprint density at radius 2 is 1.92 bits per heavy atom. The number of benzene rings is 2. The Bertz CT molecular complexity index is 908. The van der Waals surface area contributed by atoms with E-state index in [0.29, 0.717) is 11.6 Å². The average Bonchev–Trinajstić information content (AvgIpc) is 3.34. The zero-order chi connectivity index (χ0) is 17.8. The van der Waals surface area contributed by atoms with Crippen LogP contribution in [0, 0.1) is 0 Å². The Morgan fingerprint density at radius 3 is 2.81 bits per heavy atom. The van der Waals surface area contributed by atoms with Gasteiger partial charge in [-0.3, -0.25) is 4.79 Å². The molecule has 4 nitrogen and oxygen atoms in total. The number of hydrogen-bond donors (Lipinski definition) is 1. The van der Waals surface area contributed by atoms with Crippen molar-refractivity contribution in [3.8, 4) is 0 Å². The number of aryl methyl sites for hydroxylation is 2. The van der Waals surface area contributed by atoms with Crippen LogP contribution in [0.15, 0.2) is 53.4 Å². The highest BCUT2D eigenvalue weighted by Crippen LogP contribution is 2.29. The monoisotopic (exact) mass is 381 g/mol. The third-order valence-electron chi connectivity index (χ3n) is 4.39. The molecule has 0 aliphatic heterocycles. The van der Waals surface area contributed by atoms with Gasteiger partial charge in [0, 0.05) is 11.4 Å². The minimum Gasteiger partial charge on any atom is -0.346 e. The molecule has 0 unspecified atom stereocenters. The largest absolute Gasteiger partial charge is 0.346 e. The van der Waals surface area contributed by atoms with Crippen LogP contribution in [0.25, 0.3) is 0 Å². The van der Waals surface area contributed by atoms with Gasteiger partial charge in [0.15, 0.2) is 0 Å². The van der Waals surface area contributed by atoms with Gasteiger partial charge in [-0.25, -0.2) is 0 Å². The van der Waals surface area contributed by atoms with Gasteiger partial charge in [-0.1, -0.05) is 47.7 Å². The standard InChI is InChI=1S/C20H19N3OS2/c24-19(21-12-14-5-2-1-3-6-14)20-23-22-18(26-20)13-25-17-10-9-15-7-4-8-16(15)11-17/h1-3,5-6,9-11H,4,7-8,12-13H2,(H,21,24). The van der Waals surface area contributed by atoms with E-state index in [1.165, 1.54) is 46.6 Å². The number of nitrogens with zero attached hydrogens (tertiary/aromatic N) is 2. The van der Waals surface area contributed by atoms with Gasteiger partial charge in [-0.2, -0.15) is 0 Å². The van der Waals surface area contributed by atoms with Crippen molar-refractivity contribution in [2.45, 2.75) is 36.5 Å². The molecule has 3 aromatic rings. The highest BCUT2D eigenvalue weighted by Gasteiger charge is 2.14. The molecule has 6 heteroatoms. The van der Waals surface area contributed by atoms with E-state index in [9.17, 15) is 4.79 Å². The normalized spacial score (nSPS) is 12.8. The molecule has 1 amide bonds. The Morgan fingerprint density at radius 1 is 1.08 bits per heavy atom.